The maximum absolute atomic E-state index is 15.3. The summed E-state index contributed by atoms with van der Waals surface area (Å²) in [6.07, 6.45) is 1.42. The highest BCUT2D eigenvalue weighted by Gasteiger charge is 2.39. The number of nitrogens with zero attached hydrogens (tertiary/aromatic N) is 5. The Bertz CT molecular complexity index is 1170. The van der Waals surface area contributed by atoms with E-state index in [0.717, 1.165) is 24.3 Å². The molecule has 1 aromatic carbocycles. The maximum atomic E-state index is 15.3. The lowest BCUT2D eigenvalue weighted by atomic mass is 9.84. The number of nitrogen functional groups attached to an aromatic ring is 1. The molecule has 32 heavy (non-hydrogen) atoms. The summed E-state index contributed by atoms with van der Waals surface area (Å²) >= 11 is 6.40. The quantitative estimate of drug-likeness (QED) is 0.593. The summed E-state index contributed by atoms with van der Waals surface area (Å²) in [5.74, 6) is 0.529. The SMILES string of the molecule is CCOc1c(C(C)n2nc(C)c3c(N)ncnc32)cc(Cl)c(F)c1C1CN(C(C)(C)C)C1. The second-order valence-corrected chi connectivity index (χ2v) is 9.78. The van der Waals surface area contributed by atoms with E-state index in [2.05, 4.69) is 40.7 Å². The summed E-state index contributed by atoms with van der Waals surface area (Å²) in [5, 5.41) is 5.47. The number of likely N-dealkylation sites (tertiary alicyclic amines) is 1. The van der Waals surface area contributed by atoms with Gasteiger partial charge in [-0.05, 0) is 47.6 Å². The summed E-state index contributed by atoms with van der Waals surface area (Å²) in [5.41, 5.74) is 8.76. The van der Waals surface area contributed by atoms with Crippen LogP contribution in [0.15, 0.2) is 12.4 Å². The lowest BCUT2D eigenvalue weighted by Gasteiger charge is -2.48. The van der Waals surface area contributed by atoms with E-state index in [1.807, 2.05) is 20.8 Å². The molecule has 2 N–H and O–H groups in total. The zero-order valence-electron chi connectivity index (χ0n) is 19.4. The monoisotopic (exact) mass is 460 g/mol. The van der Waals surface area contributed by atoms with Crippen molar-refractivity contribution in [2.45, 2.75) is 59.0 Å². The molecule has 0 aliphatic carbocycles. The molecular formula is C23H30ClFN6O. The van der Waals surface area contributed by atoms with Crippen LogP contribution < -0.4 is 10.5 Å². The van der Waals surface area contributed by atoms with E-state index in [9.17, 15) is 0 Å². The van der Waals surface area contributed by atoms with Gasteiger partial charge < -0.3 is 10.5 Å². The van der Waals surface area contributed by atoms with Crippen LogP contribution in [0.25, 0.3) is 11.0 Å². The minimum absolute atomic E-state index is 0.00879. The second kappa shape index (κ2) is 8.15. The largest absolute Gasteiger partial charge is 0.493 e. The Morgan fingerprint density at radius 2 is 2.00 bits per heavy atom. The van der Waals surface area contributed by atoms with Crippen molar-refractivity contribution in [3.8, 4) is 5.75 Å². The van der Waals surface area contributed by atoms with Crippen LogP contribution >= 0.6 is 11.6 Å². The highest BCUT2D eigenvalue weighted by atomic mass is 35.5. The van der Waals surface area contributed by atoms with Gasteiger partial charge in [-0.25, -0.2) is 19.0 Å². The molecule has 0 bridgehead atoms. The third kappa shape index (κ3) is 3.69. The number of ether oxygens (including phenoxy) is 1. The maximum Gasteiger partial charge on any atom is 0.164 e. The number of hydrogen-bond donors (Lipinski definition) is 1. The Labute approximate surface area is 192 Å². The summed E-state index contributed by atoms with van der Waals surface area (Å²) in [6, 6.07) is 1.33. The van der Waals surface area contributed by atoms with Crippen molar-refractivity contribution < 1.29 is 9.13 Å². The smallest absolute Gasteiger partial charge is 0.164 e. The van der Waals surface area contributed by atoms with Crippen molar-refractivity contribution in [1.82, 2.24) is 24.6 Å². The van der Waals surface area contributed by atoms with E-state index in [0.29, 0.717) is 34.8 Å². The molecule has 0 spiro atoms. The summed E-state index contributed by atoms with van der Waals surface area (Å²) < 4.78 is 23.2. The number of hydrogen-bond acceptors (Lipinski definition) is 6. The van der Waals surface area contributed by atoms with Crippen molar-refractivity contribution in [2.24, 2.45) is 0 Å². The molecule has 2 aromatic heterocycles. The normalized spacial score (nSPS) is 16.4. The van der Waals surface area contributed by atoms with Gasteiger partial charge in [0.25, 0.3) is 0 Å². The minimum Gasteiger partial charge on any atom is -0.493 e. The van der Waals surface area contributed by atoms with Gasteiger partial charge in [-0.1, -0.05) is 11.6 Å². The Morgan fingerprint density at radius 3 is 2.62 bits per heavy atom. The Morgan fingerprint density at radius 1 is 1.31 bits per heavy atom. The Balaban J connectivity index is 1.83. The molecule has 172 valence electrons. The zero-order chi connectivity index (χ0) is 23.4. The molecule has 4 rings (SSSR count). The van der Waals surface area contributed by atoms with Crippen LogP contribution in [0.3, 0.4) is 0 Å². The molecule has 1 saturated heterocycles. The Kier molecular flexibility index (Phi) is 5.79. The fraction of sp³-hybridized carbons (Fsp3) is 0.522. The lowest BCUT2D eigenvalue weighted by molar-refractivity contribution is 0.0446. The molecule has 1 unspecified atom stereocenters. The van der Waals surface area contributed by atoms with Crippen LogP contribution in [0.5, 0.6) is 5.75 Å². The van der Waals surface area contributed by atoms with Gasteiger partial charge in [0.15, 0.2) is 5.65 Å². The summed E-state index contributed by atoms with van der Waals surface area (Å²) in [6.45, 7) is 14.1. The van der Waals surface area contributed by atoms with Gasteiger partial charge >= 0.3 is 0 Å². The van der Waals surface area contributed by atoms with E-state index in [1.54, 1.807) is 10.7 Å². The van der Waals surface area contributed by atoms with Crippen molar-refractivity contribution >= 4 is 28.5 Å². The molecule has 0 radical (unpaired) electrons. The van der Waals surface area contributed by atoms with E-state index in [-0.39, 0.29) is 22.5 Å². The predicted octanol–water partition coefficient (Wildman–Crippen LogP) is 4.72. The first-order chi connectivity index (χ1) is 15.0. The molecular weight excluding hydrogens is 431 g/mol. The molecule has 1 fully saturated rings. The van der Waals surface area contributed by atoms with Crippen LogP contribution in [0.1, 0.15) is 63.4 Å². The molecule has 1 atom stereocenters. The van der Waals surface area contributed by atoms with Gasteiger partial charge in [0.1, 0.15) is 23.7 Å². The molecule has 1 aliphatic rings. The molecule has 9 heteroatoms. The number of rotatable bonds is 5. The molecule has 7 nitrogen and oxygen atoms in total. The van der Waals surface area contributed by atoms with E-state index in [1.165, 1.54) is 6.33 Å². The highest BCUT2D eigenvalue weighted by Crippen LogP contribution is 2.45. The average Bonchev–Trinajstić information content (AvgIpc) is 3.02. The van der Waals surface area contributed by atoms with Crippen LogP contribution in [-0.4, -0.2) is 49.9 Å². The van der Waals surface area contributed by atoms with Gasteiger partial charge in [0.05, 0.1) is 28.8 Å². The fourth-order valence-corrected chi connectivity index (χ4v) is 4.63. The van der Waals surface area contributed by atoms with E-state index in [4.69, 9.17) is 22.1 Å². The number of halogens is 2. The van der Waals surface area contributed by atoms with Gasteiger partial charge in [-0.2, -0.15) is 5.10 Å². The van der Waals surface area contributed by atoms with Crippen LogP contribution in [0.4, 0.5) is 10.2 Å². The molecule has 0 saturated carbocycles. The molecule has 1 aliphatic heterocycles. The van der Waals surface area contributed by atoms with Crippen LogP contribution in [0, 0.1) is 12.7 Å². The third-order valence-corrected chi connectivity index (χ3v) is 6.55. The van der Waals surface area contributed by atoms with E-state index < -0.39 is 5.82 Å². The Hall–Kier alpha value is -2.45. The average molecular weight is 461 g/mol. The second-order valence-electron chi connectivity index (χ2n) is 9.37. The number of benzene rings is 1. The zero-order valence-corrected chi connectivity index (χ0v) is 20.2. The number of nitrogens with two attached hydrogens (primary N) is 1. The molecule has 3 aromatic rings. The van der Waals surface area contributed by atoms with Crippen molar-refractivity contribution in [2.75, 3.05) is 25.4 Å². The lowest BCUT2D eigenvalue weighted by Crippen LogP contribution is -2.54. The summed E-state index contributed by atoms with van der Waals surface area (Å²) in [7, 11) is 0. The number of aryl methyl sites for hydroxylation is 1. The number of anilines is 1. The van der Waals surface area contributed by atoms with Crippen LogP contribution in [-0.2, 0) is 0 Å². The predicted molar refractivity (Wildman–Crippen MR) is 125 cm³/mol. The van der Waals surface area contributed by atoms with Gasteiger partial charge in [0, 0.05) is 35.7 Å². The number of fused-ring (bicyclic) bond motifs is 1. The molecule has 0 amide bonds. The third-order valence-electron chi connectivity index (χ3n) is 6.27. The standard InChI is InChI=1S/C23H30ClFN6O/c1-7-32-20-15(13(3)31-22-17(12(2)29-31)21(26)27-11-28-22)8-16(24)19(25)18(20)14-9-30(10-14)23(4,5)6/h8,11,13-14H,7,9-10H2,1-6H3,(H2,26,27,28). The number of aromatic nitrogens is 4. The summed E-state index contributed by atoms with van der Waals surface area (Å²) in [4.78, 5) is 10.8. The van der Waals surface area contributed by atoms with Crippen LogP contribution in [0.2, 0.25) is 5.02 Å². The van der Waals surface area contributed by atoms with Crippen molar-refractivity contribution in [1.29, 1.82) is 0 Å². The van der Waals surface area contributed by atoms with Gasteiger partial charge in [0.2, 0.25) is 0 Å². The van der Waals surface area contributed by atoms with Gasteiger partial charge in [-0.3, -0.25) is 4.90 Å². The highest BCUT2D eigenvalue weighted by molar-refractivity contribution is 6.31. The topological polar surface area (TPSA) is 82.1 Å². The first kappa shape index (κ1) is 22.7. The van der Waals surface area contributed by atoms with Gasteiger partial charge in [-0.15, -0.1) is 0 Å². The van der Waals surface area contributed by atoms with Crippen molar-refractivity contribution in [3.63, 3.8) is 0 Å². The first-order valence-electron chi connectivity index (χ1n) is 10.9. The molecule has 3 heterocycles. The van der Waals surface area contributed by atoms with E-state index >= 15 is 4.39 Å². The van der Waals surface area contributed by atoms with Crippen molar-refractivity contribution in [3.05, 3.63) is 40.1 Å². The fourth-order valence-electron chi connectivity index (χ4n) is 4.41. The first-order valence-corrected chi connectivity index (χ1v) is 11.3. The minimum atomic E-state index is -0.405.